The van der Waals surface area contributed by atoms with Crippen LogP contribution in [0.4, 0.5) is 0 Å². The van der Waals surface area contributed by atoms with Gasteiger partial charge in [0, 0.05) is 18.9 Å². The zero-order valence-corrected chi connectivity index (χ0v) is 7.64. The Balaban J connectivity index is 2.26. The van der Waals surface area contributed by atoms with Crippen LogP contribution in [0.25, 0.3) is 0 Å². The molecular weight excluding hydrogens is 188 g/mol. The third-order valence-corrected chi connectivity index (χ3v) is 2.57. The Kier molecular flexibility index (Phi) is 1.90. The van der Waals surface area contributed by atoms with Crippen LogP contribution in [0, 0.1) is 0 Å². The molecule has 6 heteroatoms. The highest BCUT2D eigenvalue weighted by Crippen LogP contribution is 2.33. The van der Waals surface area contributed by atoms with Gasteiger partial charge in [-0.15, -0.1) is 0 Å². The highest BCUT2D eigenvalue weighted by Gasteiger charge is 2.52. The van der Waals surface area contributed by atoms with Crippen molar-refractivity contribution in [2.75, 3.05) is 7.11 Å². The van der Waals surface area contributed by atoms with Crippen molar-refractivity contribution in [1.82, 2.24) is 4.90 Å². The maximum absolute atomic E-state index is 11.1. The van der Waals surface area contributed by atoms with Crippen molar-refractivity contribution in [2.24, 2.45) is 5.16 Å². The lowest BCUT2D eigenvalue weighted by atomic mass is 10.0. The van der Waals surface area contributed by atoms with Crippen molar-refractivity contribution in [3.63, 3.8) is 0 Å². The second kappa shape index (κ2) is 2.97. The van der Waals surface area contributed by atoms with Crippen LogP contribution in [-0.2, 0) is 14.4 Å². The summed E-state index contributed by atoms with van der Waals surface area (Å²) in [5.41, 5.74) is 0.427. The predicted molar refractivity (Wildman–Crippen MR) is 45.7 cm³/mol. The fourth-order valence-electron chi connectivity index (χ4n) is 2.00. The van der Waals surface area contributed by atoms with Crippen molar-refractivity contribution < 1.29 is 19.5 Å². The van der Waals surface area contributed by atoms with Crippen molar-refractivity contribution in [3.8, 4) is 0 Å². The molecule has 2 atom stereocenters. The summed E-state index contributed by atoms with van der Waals surface area (Å²) >= 11 is 0. The number of nitrogens with zero attached hydrogens (tertiary/aromatic N) is 2. The number of hydrogen-bond donors (Lipinski definition) is 1. The molecule has 76 valence electrons. The molecule has 0 unspecified atom stereocenters. The molecule has 0 saturated carbocycles. The number of β-lactam (4-membered cyclic amide) rings is 1. The van der Waals surface area contributed by atoms with E-state index in [1.54, 1.807) is 0 Å². The fourth-order valence-corrected chi connectivity index (χ4v) is 2.00. The minimum atomic E-state index is -1.05. The van der Waals surface area contributed by atoms with Crippen LogP contribution in [0.3, 0.4) is 0 Å². The van der Waals surface area contributed by atoms with Gasteiger partial charge in [0.1, 0.15) is 7.11 Å². The van der Waals surface area contributed by atoms with Gasteiger partial charge in [0.05, 0.1) is 5.71 Å². The summed E-state index contributed by atoms with van der Waals surface area (Å²) in [7, 11) is 1.36. The quantitative estimate of drug-likeness (QED) is 0.476. The number of hydrogen-bond acceptors (Lipinski definition) is 4. The van der Waals surface area contributed by atoms with Gasteiger partial charge in [0.25, 0.3) is 0 Å². The summed E-state index contributed by atoms with van der Waals surface area (Å²) in [6.45, 7) is 0. The Bertz CT molecular complexity index is 325. The van der Waals surface area contributed by atoms with Gasteiger partial charge < -0.3 is 14.8 Å². The molecule has 2 saturated heterocycles. The standard InChI is InChI=1S/C8H10N2O4/c1-14-9-5-2-4-3-6(11)10(4)7(5)8(12)13/h4,7H,2-3H2,1H3,(H,12,13)/t4-,7-/m1/s1. The Labute approximate surface area is 80.1 Å². The molecule has 2 rings (SSSR count). The molecule has 0 aliphatic carbocycles. The van der Waals surface area contributed by atoms with E-state index in [0.29, 0.717) is 18.6 Å². The smallest absolute Gasteiger partial charge is 0.332 e. The summed E-state index contributed by atoms with van der Waals surface area (Å²) in [6.07, 6.45) is 0.934. The number of rotatable bonds is 2. The molecule has 2 fully saturated rings. The molecule has 2 aliphatic rings. The van der Waals surface area contributed by atoms with Crippen LogP contribution in [0.1, 0.15) is 12.8 Å². The van der Waals surface area contributed by atoms with Crippen LogP contribution in [0.2, 0.25) is 0 Å². The number of fused-ring (bicyclic) bond motifs is 1. The Morgan fingerprint density at radius 3 is 2.86 bits per heavy atom. The van der Waals surface area contributed by atoms with Gasteiger partial charge in [-0.3, -0.25) is 4.79 Å². The van der Waals surface area contributed by atoms with Crippen LogP contribution in [-0.4, -0.2) is 46.8 Å². The topological polar surface area (TPSA) is 79.2 Å². The van der Waals surface area contributed by atoms with Crippen molar-refractivity contribution in [2.45, 2.75) is 24.9 Å². The molecule has 1 amide bonds. The van der Waals surface area contributed by atoms with Gasteiger partial charge in [0.2, 0.25) is 5.91 Å². The summed E-state index contributed by atoms with van der Waals surface area (Å²) in [5, 5.41) is 12.6. The highest BCUT2D eigenvalue weighted by molar-refractivity contribution is 6.12. The van der Waals surface area contributed by atoms with E-state index in [4.69, 9.17) is 5.11 Å². The van der Waals surface area contributed by atoms with E-state index in [-0.39, 0.29) is 11.9 Å². The van der Waals surface area contributed by atoms with E-state index in [1.807, 2.05) is 0 Å². The monoisotopic (exact) mass is 198 g/mol. The van der Waals surface area contributed by atoms with Gasteiger partial charge in [-0.2, -0.15) is 0 Å². The highest BCUT2D eigenvalue weighted by atomic mass is 16.6. The van der Waals surface area contributed by atoms with E-state index in [1.165, 1.54) is 12.0 Å². The molecular formula is C8H10N2O4. The molecule has 2 heterocycles. The largest absolute Gasteiger partial charge is 0.479 e. The summed E-state index contributed by atoms with van der Waals surface area (Å²) in [5.74, 6) is -1.17. The Hall–Kier alpha value is -1.59. The van der Waals surface area contributed by atoms with Crippen LogP contribution in [0.15, 0.2) is 5.16 Å². The first kappa shape index (κ1) is 8.98. The lowest BCUT2D eigenvalue weighted by Crippen LogP contribution is -2.55. The minimum Gasteiger partial charge on any atom is -0.479 e. The second-order valence-electron chi connectivity index (χ2n) is 3.37. The van der Waals surface area contributed by atoms with Gasteiger partial charge in [-0.25, -0.2) is 4.79 Å². The minimum absolute atomic E-state index is 0.0116. The maximum atomic E-state index is 11.1. The predicted octanol–water partition coefficient (Wildman–Crippen LogP) is -0.553. The molecule has 2 aliphatic heterocycles. The lowest BCUT2D eigenvalue weighted by Gasteiger charge is -2.36. The molecule has 14 heavy (non-hydrogen) atoms. The third kappa shape index (κ3) is 1.07. The molecule has 0 bridgehead atoms. The van der Waals surface area contributed by atoms with Gasteiger partial charge in [-0.05, 0) is 0 Å². The average molecular weight is 198 g/mol. The Morgan fingerprint density at radius 1 is 1.64 bits per heavy atom. The molecule has 0 aromatic heterocycles. The zero-order chi connectivity index (χ0) is 10.3. The van der Waals surface area contributed by atoms with Crippen molar-refractivity contribution >= 4 is 17.6 Å². The maximum Gasteiger partial charge on any atom is 0.332 e. The summed E-state index contributed by atoms with van der Waals surface area (Å²) in [6, 6.07) is -0.904. The zero-order valence-electron chi connectivity index (χ0n) is 7.64. The van der Waals surface area contributed by atoms with Crippen molar-refractivity contribution in [1.29, 1.82) is 0 Å². The number of oxime groups is 1. The van der Waals surface area contributed by atoms with E-state index >= 15 is 0 Å². The Morgan fingerprint density at radius 2 is 2.36 bits per heavy atom. The number of carbonyl (C=O) groups excluding carboxylic acids is 1. The molecule has 6 nitrogen and oxygen atoms in total. The first-order chi connectivity index (χ1) is 6.65. The molecule has 0 aromatic rings. The fraction of sp³-hybridized carbons (Fsp3) is 0.625. The van der Waals surface area contributed by atoms with Crippen LogP contribution >= 0.6 is 0 Å². The summed E-state index contributed by atoms with van der Waals surface area (Å²) < 4.78 is 0. The molecule has 1 N–H and O–H groups in total. The van der Waals surface area contributed by atoms with E-state index in [2.05, 4.69) is 9.99 Å². The van der Waals surface area contributed by atoms with Crippen LogP contribution in [0.5, 0.6) is 0 Å². The lowest BCUT2D eigenvalue weighted by molar-refractivity contribution is -0.155. The summed E-state index contributed by atoms with van der Waals surface area (Å²) in [4.78, 5) is 27.9. The molecule has 0 spiro atoms. The molecule has 0 aromatic carbocycles. The van der Waals surface area contributed by atoms with Crippen LogP contribution < -0.4 is 0 Å². The van der Waals surface area contributed by atoms with E-state index in [0.717, 1.165) is 0 Å². The van der Waals surface area contributed by atoms with E-state index in [9.17, 15) is 9.59 Å². The van der Waals surface area contributed by atoms with Gasteiger partial charge in [-0.1, -0.05) is 5.16 Å². The first-order valence-electron chi connectivity index (χ1n) is 4.29. The number of aliphatic carboxylic acids is 1. The van der Waals surface area contributed by atoms with Crippen molar-refractivity contribution in [3.05, 3.63) is 0 Å². The number of amides is 1. The average Bonchev–Trinajstić information content (AvgIpc) is 2.39. The molecule has 0 radical (unpaired) electrons. The van der Waals surface area contributed by atoms with Gasteiger partial charge >= 0.3 is 5.97 Å². The number of carbonyl (C=O) groups is 2. The SMILES string of the molecule is CON=C1C[C@@H]2CC(=O)N2[C@H]1C(=O)O. The third-order valence-electron chi connectivity index (χ3n) is 2.57. The first-order valence-corrected chi connectivity index (χ1v) is 4.29. The number of carboxylic acids is 1. The second-order valence-corrected chi connectivity index (χ2v) is 3.37. The van der Waals surface area contributed by atoms with E-state index < -0.39 is 12.0 Å². The normalized spacial score (nSPS) is 32.8. The van der Waals surface area contributed by atoms with Gasteiger partial charge in [0.15, 0.2) is 6.04 Å². The number of carboxylic acid groups (broad SMARTS) is 1.